The zero-order valence-electron chi connectivity index (χ0n) is 16.4. The van der Waals surface area contributed by atoms with Crippen LogP contribution in [0.1, 0.15) is 12.0 Å². The minimum atomic E-state index is -0.916. The summed E-state index contributed by atoms with van der Waals surface area (Å²) in [6, 6.07) is 11.5. The molecule has 0 aromatic heterocycles. The van der Waals surface area contributed by atoms with Crippen molar-refractivity contribution in [1.29, 1.82) is 0 Å². The summed E-state index contributed by atoms with van der Waals surface area (Å²) in [6.07, 6.45) is -0.175. The lowest BCUT2D eigenvalue weighted by molar-refractivity contribution is -0.123. The van der Waals surface area contributed by atoms with Crippen molar-refractivity contribution in [3.05, 3.63) is 53.1 Å². The van der Waals surface area contributed by atoms with Crippen LogP contribution in [-0.2, 0) is 9.59 Å². The Kier molecular flexibility index (Phi) is 6.53. The highest BCUT2D eigenvalue weighted by Crippen LogP contribution is 2.28. The molecular formula is C20H21ClN6O3. The van der Waals surface area contributed by atoms with Crippen LogP contribution in [0.2, 0.25) is 5.02 Å². The van der Waals surface area contributed by atoms with E-state index in [1.54, 1.807) is 18.2 Å². The van der Waals surface area contributed by atoms with Crippen LogP contribution in [0.25, 0.3) is 0 Å². The molecule has 0 aliphatic carbocycles. The number of rotatable bonds is 5. The van der Waals surface area contributed by atoms with Gasteiger partial charge in [-0.05, 0) is 36.8 Å². The summed E-state index contributed by atoms with van der Waals surface area (Å²) in [5, 5.41) is 8.58. The van der Waals surface area contributed by atoms with Crippen molar-refractivity contribution >= 4 is 46.7 Å². The topological polar surface area (TPSA) is 130 Å². The number of nitrogens with one attached hydrogen (secondary N) is 3. The van der Waals surface area contributed by atoms with Crippen LogP contribution in [0.3, 0.4) is 0 Å². The van der Waals surface area contributed by atoms with Crippen molar-refractivity contribution in [2.24, 2.45) is 15.7 Å². The molecule has 0 fully saturated rings. The van der Waals surface area contributed by atoms with Gasteiger partial charge in [0.1, 0.15) is 11.8 Å². The van der Waals surface area contributed by atoms with E-state index in [0.717, 1.165) is 11.3 Å². The summed E-state index contributed by atoms with van der Waals surface area (Å²) in [4.78, 5) is 32.8. The van der Waals surface area contributed by atoms with E-state index in [1.165, 1.54) is 7.11 Å². The van der Waals surface area contributed by atoms with Gasteiger partial charge in [0.2, 0.25) is 17.8 Å². The number of amides is 2. The van der Waals surface area contributed by atoms with E-state index >= 15 is 0 Å². The second-order valence-corrected chi connectivity index (χ2v) is 6.93. The van der Waals surface area contributed by atoms with Gasteiger partial charge in [-0.25, -0.2) is 4.99 Å². The monoisotopic (exact) mass is 428 g/mol. The highest BCUT2D eigenvalue weighted by atomic mass is 35.5. The summed E-state index contributed by atoms with van der Waals surface area (Å²) in [5.41, 5.74) is 8.07. The molecule has 0 saturated carbocycles. The van der Waals surface area contributed by atoms with Crippen molar-refractivity contribution in [3.8, 4) is 5.75 Å². The van der Waals surface area contributed by atoms with Crippen LogP contribution in [-0.4, -0.2) is 36.9 Å². The van der Waals surface area contributed by atoms with Crippen molar-refractivity contribution < 1.29 is 14.3 Å². The third kappa shape index (κ3) is 5.26. The number of nitrogens with zero attached hydrogens (tertiary/aromatic N) is 2. The quantitative estimate of drug-likeness (QED) is 0.428. The van der Waals surface area contributed by atoms with Crippen molar-refractivity contribution in [2.45, 2.75) is 19.4 Å². The van der Waals surface area contributed by atoms with E-state index in [4.69, 9.17) is 22.1 Å². The van der Waals surface area contributed by atoms with Crippen LogP contribution in [0, 0.1) is 6.92 Å². The number of carbonyl (C=O) groups is 2. The molecule has 0 saturated heterocycles. The molecule has 9 nitrogen and oxygen atoms in total. The van der Waals surface area contributed by atoms with E-state index in [2.05, 4.69) is 25.9 Å². The number of aryl methyl sites for hydroxylation is 1. The molecule has 0 bridgehead atoms. The maximum atomic E-state index is 12.4. The van der Waals surface area contributed by atoms with E-state index in [1.807, 2.05) is 31.2 Å². The second kappa shape index (κ2) is 9.27. The molecule has 1 atom stereocenters. The zero-order valence-corrected chi connectivity index (χ0v) is 17.2. The fourth-order valence-electron chi connectivity index (χ4n) is 2.78. The number of para-hydroxylation sites is 1. The summed E-state index contributed by atoms with van der Waals surface area (Å²) in [7, 11) is 1.48. The number of aliphatic imine (C=N–C) groups is 2. The van der Waals surface area contributed by atoms with Gasteiger partial charge in [-0.2, -0.15) is 4.99 Å². The number of ether oxygens (including phenoxy) is 1. The fourth-order valence-corrected chi connectivity index (χ4v) is 2.95. The predicted octanol–water partition coefficient (Wildman–Crippen LogP) is 2.27. The number of nitrogens with two attached hydrogens (primary N) is 1. The third-order valence-electron chi connectivity index (χ3n) is 4.26. The van der Waals surface area contributed by atoms with E-state index in [9.17, 15) is 9.59 Å². The molecule has 0 radical (unpaired) electrons. The van der Waals surface area contributed by atoms with Gasteiger partial charge in [-0.3, -0.25) is 14.9 Å². The molecule has 1 unspecified atom stereocenters. The molecule has 1 aliphatic rings. The van der Waals surface area contributed by atoms with Gasteiger partial charge in [0.15, 0.2) is 0 Å². The first kappa shape index (κ1) is 21.1. The second-order valence-electron chi connectivity index (χ2n) is 6.49. The Morgan fingerprint density at radius 3 is 2.77 bits per heavy atom. The SMILES string of the molecule is COc1ccc(Cl)cc1NC(=O)CC1N=C(/N=C(\N)Nc2ccccc2C)NC1=O. The Morgan fingerprint density at radius 1 is 1.27 bits per heavy atom. The average molecular weight is 429 g/mol. The number of guanidine groups is 2. The Morgan fingerprint density at radius 2 is 2.03 bits per heavy atom. The highest BCUT2D eigenvalue weighted by Gasteiger charge is 2.29. The number of halogens is 1. The number of hydrogen-bond acceptors (Lipinski definition) is 5. The lowest BCUT2D eigenvalue weighted by atomic mass is 10.2. The molecule has 156 valence electrons. The van der Waals surface area contributed by atoms with Crippen molar-refractivity contribution in [3.63, 3.8) is 0 Å². The van der Waals surface area contributed by atoms with E-state index in [0.29, 0.717) is 16.5 Å². The number of anilines is 2. The predicted molar refractivity (Wildman–Crippen MR) is 117 cm³/mol. The number of hydrogen-bond donors (Lipinski definition) is 4. The molecular weight excluding hydrogens is 408 g/mol. The van der Waals surface area contributed by atoms with Crippen LogP contribution >= 0.6 is 11.6 Å². The lowest BCUT2D eigenvalue weighted by Gasteiger charge is -2.11. The maximum absolute atomic E-state index is 12.4. The summed E-state index contributed by atoms with van der Waals surface area (Å²) in [6.45, 7) is 1.92. The summed E-state index contributed by atoms with van der Waals surface area (Å²) >= 11 is 5.96. The van der Waals surface area contributed by atoms with Gasteiger partial charge < -0.3 is 21.1 Å². The first-order valence-corrected chi connectivity index (χ1v) is 9.42. The van der Waals surface area contributed by atoms with E-state index in [-0.39, 0.29) is 18.3 Å². The van der Waals surface area contributed by atoms with Crippen LogP contribution in [0.15, 0.2) is 52.4 Å². The number of benzene rings is 2. The minimum Gasteiger partial charge on any atom is -0.495 e. The zero-order chi connectivity index (χ0) is 21.7. The molecule has 1 aliphatic heterocycles. The van der Waals surface area contributed by atoms with Crippen molar-refractivity contribution in [1.82, 2.24) is 5.32 Å². The Balaban J connectivity index is 1.65. The molecule has 10 heteroatoms. The molecule has 30 heavy (non-hydrogen) atoms. The number of carbonyl (C=O) groups excluding carboxylic acids is 2. The Hall–Kier alpha value is -3.59. The third-order valence-corrected chi connectivity index (χ3v) is 4.50. The molecule has 5 N–H and O–H groups in total. The van der Waals surface area contributed by atoms with Gasteiger partial charge in [0, 0.05) is 10.7 Å². The molecule has 3 rings (SSSR count). The average Bonchev–Trinajstić information content (AvgIpc) is 3.02. The van der Waals surface area contributed by atoms with Gasteiger partial charge in [-0.15, -0.1) is 0 Å². The minimum absolute atomic E-state index is 0.0386. The largest absolute Gasteiger partial charge is 0.495 e. The van der Waals surface area contributed by atoms with Gasteiger partial charge in [0.05, 0.1) is 19.2 Å². The van der Waals surface area contributed by atoms with Crippen molar-refractivity contribution in [2.75, 3.05) is 17.7 Å². The summed E-state index contributed by atoms with van der Waals surface area (Å²) < 4.78 is 5.19. The summed E-state index contributed by atoms with van der Waals surface area (Å²) in [5.74, 6) is -0.303. The molecule has 2 aromatic rings. The molecule has 2 amide bonds. The molecule has 0 spiro atoms. The lowest BCUT2D eigenvalue weighted by Crippen LogP contribution is -2.32. The van der Waals surface area contributed by atoms with Gasteiger partial charge in [-0.1, -0.05) is 29.8 Å². The standard InChI is InChI=1S/C20H21ClN6O3/c1-11-5-3-4-6-13(11)24-19(22)27-20-25-15(18(29)26-20)10-17(28)23-14-9-12(21)7-8-16(14)30-2/h3-9,15H,10H2,1-2H3,(H,23,28)(H4,22,24,25,26,27,29). The normalized spacial score (nSPS) is 16.0. The van der Waals surface area contributed by atoms with Crippen LogP contribution in [0.5, 0.6) is 5.75 Å². The van der Waals surface area contributed by atoms with E-state index < -0.39 is 17.9 Å². The maximum Gasteiger partial charge on any atom is 0.252 e. The Labute approximate surface area is 178 Å². The molecule has 1 heterocycles. The van der Waals surface area contributed by atoms with Gasteiger partial charge in [0.25, 0.3) is 5.91 Å². The number of methoxy groups -OCH3 is 1. The fraction of sp³-hybridized carbons (Fsp3) is 0.200. The first-order valence-electron chi connectivity index (χ1n) is 9.04. The van der Waals surface area contributed by atoms with Crippen LogP contribution < -0.4 is 26.4 Å². The van der Waals surface area contributed by atoms with Crippen LogP contribution in [0.4, 0.5) is 11.4 Å². The first-order chi connectivity index (χ1) is 14.4. The van der Waals surface area contributed by atoms with Gasteiger partial charge >= 0.3 is 0 Å². The highest BCUT2D eigenvalue weighted by molar-refractivity contribution is 6.31. The smallest absolute Gasteiger partial charge is 0.252 e. The molecule has 2 aromatic carbocycles. The Bertz CT molecular complexity index is 1040.